The van der Waals surface area contributed by atoms with Gasteiger partial charge in [0.05, 0.1) is 16.4 Å². The summed E-state index contributed by atoms with van der Waals surface area (Å²) < 4.78 is 6.52. The normalized spacial score (nSPS) is 31.5. The number of rotatable bonds is 10. The van der Waals surface area contributed by atoms with E-state index >= 15 is 4.79 Å². The molecule has 3 aliphatic rings. The second-order valence-electron chi connectivity index (χ2n) is 14.5. The SMILES string of the molecule is CC(C)=CCCC1(C)C(CC=C(C)C)CC2(CC=C(C)C)C(=O)C(C(=O)C(C)C)=C3OC(C(C)(C)O)CC31C2=O. The van der Waals surface area contributed by atoms with Crippen LogP contribution in [0.1, 0.15) is 115 Å². The summed E-state index contributed by atoms with van der Waals surface area (Å²) in [6.45, 7) is 21.4. The summed E-state index contributed by atoms with van der Waals surface area (Å²) in [6, 6.07) is 0. The molecule has 3 rings (SSSR count). The van der Waals surface area contributed by atoms with E-state index < -0.39 is 33.9 Å². The van der Waals surface area contributed by atoms with Crippen LogP contribution < -0.4 is 0 Å². The Kier molecular flexibility index (Phi) is 9.02. The van der Waals surface area contributed by atoms with Gasteiger partial charge in [-0.15, -0.1) is 0 Å². The van der Waals surface area contributed by atoms with Crippen LogP contribution in [0.25, 0.3) is 0 Å². The Morgan fingerprint density at radius 3 is 2.08 bits per heavy atom. The maximum absolute atomic E-state index is 15.2. The van der Waals surface area contributed by atoms with Crippen molar-refractivity contribution in [3.8, 4) is 0 Å². The first-order chi connectivity index (χ1) is 18.3. The van der Waals surface area contributed by atoms with Crippen LogP contribution in [0.2, 0.25) is 0 Å². The molecule has 2 aliphatic carbocycles. The van der Waals surface area contributed by atoms with Crippen molar-refractivity contribution < 1.29 is 24.2 Å². The first-order valence-corrected chi connectivity index (χ1v) is 15.0. The summed E-state index contributed by atoms with van der Waals surface area (Å²) >= 11 is 0. The molecule has 1 saturated carbocycles. The highest BCUT2D eigenvalue weighted by atomic mass is 16.5. The third-order valence-electron chi connectivity index (χ3n) is 9.77. The molecule has 5 heteroatoms. The van der Waals surface area contributed by atoms with Crippen molar-refractivity contribution in [2.75, 3.05) is 0 Å². The number of carbonyl (C=O) groups is 3. The highest BCUT2D eigenvalue weighted by molar-refractivity contribution is 6.32. The average molecular weight is 553 g/mol. The lowest BCUT2D eigenvalue weighted by atomic mass is 9.39. The summed E-state index contributed by atoms with van der Waals surface area (Å²) in [5.74, 6) is -0.954. The van der Waals surface area contributed by atoms with Crippen molar-refractivity contribution in [2.24, 2.45) is 28.1 Å². The number of allylic oxidation sites excluding steroid dienone is 8. The van der Waals surface area contributed by atoms with E-state index in [1.54, 1.807) is 27.7 Å². The molecule has 40 heavy (non-hydrogen) atoms. The van der Waals surface area contributed by atoms with E-state index in [9.17, 15) is 14.7 Å². The zero-order valence-corrected chi connectivity index (χ0v) is 26.8. The van der Waals surface area contributed by atoms with Gasteiger partial charge in [0.25, 0.3) is 0 Å². The number of fused-ring (bicyclic) bond motifs is 1. The van der Waals surface area contributed by atoms with Gasteiger partial charge < -0.3 is 9.84 Å². The van der Waals surface area contributed by atoms with Crippen molar-refractivity contribution in [3.63, 3.8) is 0 Å². The topological polar surface area (TPSA) is 80.7 Å². The molecule has 1 heterocycles. The third kappa shape index (κ3) is 5.24. The van der Waals surface area contributed by atoms with Crippen LogP contribution in [0.5, 0.6) is 0 Å². The van der Waals surface area contributed by atoms with Crippen LogP contribution in [0.15, 0.2) is 46.3 Å². The highest BCUT2D eigenvalue weighted by Gasteiger charge is 2.76. The number of ketones is 3. The Bertz CT molecular complexity index is 1180. The summed E-state index contributed by atoms with van der Waals surface area (Å²) in [7, 11) is 0. The van der Waals surface area contributed by atoms with Crippen LogP contribution in [0, 0.1) is 28.1 Å². The van der Waals surface area contributed by atoms with Crippen molar-refractivity contribution in [1.82, 2.24) is 0 Å². The predicted octanol–water partition coefficient (Wildman–Crippen LogP) is 7.64. The molecule has 1 aliphatic heterocycles. The average Bonchev–Trinajstić information content (AvgIpc) is 3.24. The first kappa shape index (κ1) is 32.2. The molecule has 1 spiro atoms. The molecule has 2 bridgehead atoms. The molecule has 1 N–H and O–H groups in total. The van der Waals surface area contributed by atoms with Gasteiger partial charge in [-0.3, -0.25) is 14.4 Å². The molecule has 5 atom stereocenters. The zero-order chi connectivity index (χ0) is 30.4. The number of ether oxygens (including phenoxy) is 1. The summed E-state index contributed by atoms with van der Waals surface area (Å²) in [4.78, 5) is 43.7. The van der Waals surface area contributed by atoms with Crippen molar-refractivity contribution in [2.45, 2.75) is 126 Å². The Balaban J connectivity index is 2.47. The third-order valence-corrected chi connectivity index (χ3v) is 9.77. The highest BCUT2D eigenvalue weighted by Crippen LogP contribution is 2.71. The smallest absolute Gasteiger partial charge is 0.183 e. The molecule has 5 nitrogen and oxygen atoms in total. The van der Waals surface area contributed by atoms with E-state index in [2.05, 4.69) is 46.8 Å². The second-order valence-corrected chi connectivity index (χ2v) is 14.5. The van der Waals surface area contributed by atoms with Gasteiger partial charge in [-0.25, -0.2) is 0 Å². The largest absolute Gasteiger partial charge is 0.490 e. The van der Waals surface area contributed by atoms with Gasteiger partial charge in [0.1, 0.15) is 17.4 Å². The number of hydrogen-bond donors (Lipinski definition) is 1. The first-order valence-electron chi connectivity index (χ1n) is 15.0. The fourth-order valence-electron chi connectivity index (χ4n) is 7.26. The Hall–Kier alpha value is -2.27. The van der Waals surface area contributed by atoms with E-state index in [1.165, 1.54) is 11.1 Å². The standard InChI is InChI=1S/C35H52O5/c1-21(2)13-12-17-33(11)25(15-14-22(3)4)19-34(18-16-23(5)6)29(37)27(28(36)24(7)8)30-35(33,31(34)38)20-26(40-30)32(9,10)39/h13-14,16,24-26,39H,12,15,17-20H2,1-11H3. The maximum atomic E-state index is 15.2. The molecular formula is C35H52O5. The molecule has 0 amide bonds. The lowest BCUT2D eigenvalue weighted by Crippen LogP contribution is -2.66. The van der Waals surface area contributed by atoms with E-state index in [1.807, 2.05) is 19.9 Å². The molecule has 0 aromatic rings. The zero-order valence-electron chi connectivity index (χ0n) is 26.8. The fraction of sp³-hybridized carbons (Fsp3) is 0.686. The minimum atomic E-state index is -1.32. The maximum Gasteiger partial charge on any atom is 0.183 e. The van der Waals surface area contributed by atoms with Gasteiger partial charge in [-0.05, 0) is 98.8 Å². The number of carbonyl (C=O) groups excluding carboxylic acids is 3. The van der Waals surface area contributed by atoms with E-state index in [-0.39, 0.29) is 47.4 Å². The molecule has 2 fully saturated rings. The van der Waals surface area contributed by atoms with E-state index in [0.717, 1.165) is 18.4 Å². The minimum Gasteiger partial charge on any atom is -0.490 e. The van der Waals surface area contributed by atoms with Crippen molar-refractivity contribution in [3.05, 3.63) is 46.3 Å². The molecule has 222 valence electrons. The Morgan fingerprint density at radius 2 is 1.57 bits per heavy atom. The monoisotopic (exact) mass is 552 g/mol. The fourth-order valence-corrected chi connectivity index (χ4v) is 7.26. The lowest BCUT2D eigenvalue weighted by Gasteiger charge is -2.60. The van der Waals surface area contributed by atoms with Gasteiger partial charge >= 0.3 is 0 Å². The van der Waals surface area contributed by atoms with Gasteiger partial charge in [-0.1, -0.05) is 55.7 Å². The number of aliphatic hydroxyl groups is 1. The quantitative estimate of drug-likeness (QED) is 0.171. The second kappa shape index (κ2) is 11.2. The Morgan fingerprint density at radius 1 is 1.00 bits per heavy atom. The molecule has 0 aromatic carbocycles. The van der Waals surface area contributed by atoms with Crippen LogP contribution in [0.4, 0.5) is 0 Å². The van der Waals surface area contributed by atoms with Crippen LogP contribution in [-0.2, 0) is 19.1 Å². The molecule has 5 unspecified atom stereocenters. The predicted molar refractivity (Wildman–Crippen MR) is 161 cm³/mol. The van der Waals surface area contributed by atoms with Crippen molar-refractivity contribution >= 4 is 17.3 Å². The molecular weight excluding hydrogens is 500 g/mol. The summed E-state index contributed by atoms with van der Waals surface area (Å²) in [5, 5.41) is 11.2. The summed E-state index contributed by atoms with van der Waals surface area (Å²) in [5.41, 5.74) is -0.838. The molecule has 0 radical (unpaired) electrons. The van der Waals surface area contributed by atoms with Crippen LogP contribution >= 0.6 is 0 Å². The van der Waals surface area contributed by atoms with Crippen LogP contribution in [0.3, 0.4) is 0 Å². The lowest BCUT2D eigenvalue weighted by molar-refractivity contribution is -0.169. The number of hydrogen-bond acceptors (Lipinski definition) is 5. The van der Waals surface area contributed by atoms with Crippen LogP contribution in [-0.4, -0.2) is 34.2 Å². The minimum absolute atomic E-state index is 0.00929. The van der Waals surface area contributed by atoms with E-state index in [0.29, 0.717) is 12.8 Å². The summed E-state index contributed by atoms with van der Waals surface area (Å²) in [6.07, 6.45) is 8.88. The van der Waals surface area contributed by atoms with Gasteiger partial charge in [0.2, 0.25) is 0 Å². The van der Waals surface area contributed by atoms with Gasteiger partial charge in [-0.2, -0.15) is 0 Å². The van der Waals surface area contributed by atoms with Crippen molar-refractivity contribution in [1.29, 1.82) is 0 Å². The number of Topliss-reactive ketones (excluding diaryl/α,β-unsaturated/α-hetero) is 3. The van der Waals surface area contributed by atoms with E-state index in [4.69, 9.17) is 4.74 Å². The van der Waals surface area contributed by atoms with Gasteiger partial charge in [0.15, 0.2) is 17.3 Å². The molecule has 0 aromatic heterocycles. The van der Waals surface area contributed by atoms with Gasteiger partial charge in [0, 0.05) is 12.3 Å². The Labute approximate surface area is 242 Å². The molecule has 1 saturated heterocycles.